The molecule has 1 aliphatic rings. The number of nitrogens with one attached hydrogen (secondary N) is 1. The molecule has 7 heteroatoms. The lowest BCUT2D eigenvalue weighted by Crippen LogP contribution is -2.35. The SMILES string of the molecule is Cc1nn(C)c(C)c1S(=O)(=O)NCC1CCCCC1Cl. The molecule has 2 unspecified atom stereocenters. The molecule has 0 aliphatic heterocycles. The average molecular weight is 320 g/mol. The second kappa shape index (κ2) is 6.03. The number of hydrogen-bond acceptors (Lipinski definition) is 3. The smallest absolute Gasteiger partial charge is 0.244 e. The Morgan fingerprint density at radius 2 is 2.00 bits per heavy atom. The Morgan fingerprint density at radius 3 is 2.55 bits per heavy atom. The van der Waals surface area contributed by atoms with Crippen molar-refractivity contribution in [1.29, 1.82) is 0 Å². The third-order valence-electron chi connectivity index (χ3n) is 4.06. The Balaban J connectivity index is 2.11. The minimum absolute atomic E-state index is 0.0718. The molecule has 1 saturated carbocycles. The first-order chi connectivity index (χ1) is 9.33. The minimum Gasteiger partial charge on any atom is -0.271 e. The Labute approximate surface area is 125 Å². The van der Waals surface area contributed by atoms with Gasteiger partial charge in [0.1, 0.15) is 4.90 Å². The zero-order valence-electron chi connectivity index (χ0n) is 12.2. The van der Waals surface area contributed by atoms with Gasteiger partial charge in [0.25, 0.3) is 0 Å². The Hall–Kier alpha value is -0.590. The first kappa shape index (κ1) is 15.8. The summed E-state index contributed by atoms with van der Waals surface area (Å²) >= 11 is 6.27. The zero-order chi connectivity index (χ0) is 14.9. The molecule has 1 aliphatic carbocycles. The van der Waals surface area contributed by atoms with Crippen LogP contribution in [0, 0.1) is 19.8 Å². The summed E-state index contributed by atoms with van der Waals surface area (Å²) in [5, 5.41) is 4.23. The van der Waals surface area contributed by atoms with Crippen LogP contribution in [-0.2, 0) is 17.1 Å². The van der Waals surface area contributed by atoms with Crippen molar-refractivity contribution in [3.63, 3.8) is 0 Å². The number of rotatable bonds is 4. The molecule has 1 N–H and O–H groups in total. The average Bonchev–Trinajstić information content (AvgIpc) is 2.62. The fraction of sp³-hybridized carbons (Fsp3) is 0.769. The van der Waals surface area contributed by atoms with Crippen LogP contribution in [0.3, 0.4) is 0 Å². The van der Waals surface area contributed by atoms with E-state index in [2.05, 4.69) is 9.82 Å². The molecule has 2 rings (SSSR count). The second-order valence-corrected chi connectivity index (χ2v) is 7.80. The van der Waals surface area contributed by atoms with Crippen molar-refractivity contribution >= 4 is 21.6 Å². The molecule has 20 heavy (non-hydrogen) atoms. The molecule has 0 spiro atoms. The summed E-state index contributed by atoms with van der Waals surface area (Å²) < 4.78 is 29.2. The molecule has 1 aromatic rings. The van der Waals surface area contributed by atoms with E-state index in [0.29, 0.717) is 22.8 Å². The number of halogens is 1. The van der Waals surface area contributed by atoms with Crippen molar-refractivity contribution < 1.29 is 8.42 Å². The van der Waals surface area contributed by atoms with E-state index in [-0.39, 0.29) is 11.3 Å². The Bertz CT molecular complexity index is 583. The van der Waals surface area contributed by atoms with Crippen molar-refractivity contribution in [2.45, 2.75) is 49.8 Å². The third-order valence-corrected chi connectivity index (χ3v) is 6.31. The van der Waals surface area contributed by atoms with Gasteiger partial charge in [-0.15, -0.1) is 11.6 Å². The molecular formula is C13H22ClN3O2S. The van der Waals surface area contributed by atoms with E-state index in [4.69, 9.17) is 11.6 Å². The van der Waals surface area contributed by atoms with Gasteiger partial charge in [0.15, 0.2) is 0 Å². The fourth-order valence-electron chi connectivity index (χ4n) is 2.82. The largest absolute Gasteiger partial charge is 0.271 e. The normalized spacial score (nSPS) is 24.0. The highest BCUT2D eigenvalue weighted by molar-refractivity contribution is 7.89. The summed E-state index contributed by atoms with van der Waals surface area (Å²) in [5.74, 6) is 0.220. The van der Waals surface area contributed by atoms with Gasteiger partial charge in [0, 0.05) is 19.0 Å². The van der Waals surface area contributed by atoms with Gasteiger partial charge in [0.2, 0.25) is 10.0 Å². The number of alkyl halides is 1. The van der Waals surface area contributed by atoms with E-state index < -0.39 is 10.0 Å². The predicted molar refractivity (Wildman–Crippen MR) is 79.5 cm³/mol. The maximum absolute atomic E-state index is 12.4. The van der Waals surface area contributed by atoms with Crippen LogP contribution in [0.4, 0.5) is 0 Å². The molecule has 0 amide bonds. The maximum Gasteiger partial charge on any atom is 0.244 e. The summed E-state index contributed by atoms with van der Waals surface area (Å²) in [6.07, 6.45) is 4.22. The lowest BCUT2D eigenvalue weighted by molar-refractivity contribution is 0.364. The van der Waals surface area contributed by atoms with Crippen LogP contribution in [0.25, 0.3) is 0 Å². The molecule has 1 aromatic heterocycles. The third kappa shape index (κ3) is 3.18. The lowest BCUT2D eigenvalue weighted by Gasteiger charge is -2.27. The van der Waals surface area contributed by atoms with Crippen LogP contribution >= 0.6 is 11.6 Å². The quantitative estimate of drug-likeness (QED) is 0.865. The van der Waals surface area contributed by atoms with Gasteiger partial charge < -0.3 is 0 Å². The van der Waals surface area contributed by atoms with Gasteiger partial charge in [-0.3, -0.25) is 4.68 Å². The van der Waals surface area contributed by atoms with Gasteiger partial charge in [-0.1, -0.05) is 12.8 Å². The highest BCUT2D eigenvalue weighted by atomic mass is 35.5. The highest BCUT2D eigenvalue weighted by Gasteiger charge is 2.28. The van der Waals surface area contributed by atoms with Crippen LogP contribution in [0.5, 0.6) is 0 Å². The molecule has 114 valence electrons. The van der Waals surface area contributed by atoms with Crippen molar-refractivity contribution in [3.05, 3.63) is 11.4 Å². The Kier molecular flexibility index (Phi) is 4.76. The second-order valence-electron chi connectivity index (χ2n) is 5.54. The number of sulfonamides is 1. The van der Waals surface area contributed by atoms with Crippen molar-refractivity contribution in [3.8, 4) is 0 Å². The van der Waals surface area contributed by atoms with Crippen LogP contribution < -0.4 is 4.72 Å². The standard InChI is InChI=1S/C13H22ClN3O2S/c1-9-13(10(2)17(3)16-9)20(18,19)15-8-11-6-4-5-7-12(11)14/h11-12,15H,4-8H2,1-3H3. The Morgan fingerprint density at radius 1 is 1.35 bits per heavy atom. The topological polar surface area (TPSA) is 64.0 Å². The molecule has 1 fully saturated rings. The minimum atomic E-state index is -3.52. The van der Waals surface area contributed by atoms with Gasteiger partial charge >= 0.3 is 0 Å². The van der Waals surface area contributed by atoms with E-state index in [1.165, 1.54) is 0 Å². The van der Waals surface area contributed by atoms with Crippen molar-refractivity contribution in [1.82, 2.24) is 14.5 Å². The summed E-state index contributed by atoms with van der Waals surface area (Å²) in [7, 11) is -1.77. The van der Waals surface area contributed by atoms with Crippen LogP contribution in [-0.4, -0.2) is 30.1 Å². The van der Waals surface area contributed by atoms with E-state index in [1.807, 2.05) is 0 Å². The summed E-state index contributed by atoms with van der Waals surface area (Å²) in [6.45, 7) is 3.89. The van der Waals surface area contributed by atoms with Crippen molar-refractivity contribution in [2.24, 2.45) is 13.0 Å². The van der Waals surface area contributed by atoms with Crippen LogP contribution in [0.1, 0.15) is 37.1 Å². The zero-order valence-corrected chi connectivity index (χ0v) is 13.8. The number of hydrogen-bond donors (Lipinski definition) is 1. The molecule has 0 bridgehead atoms. The van der Waals surface area contributed by atoms with Crippen molar-refractivity contribution in [2.75, 3.05) is 6.54 Å². The van der Waals surface area contributed by atoms with E-state index in [1.54, 1.807) is 25.6 Å². The van der Waals surface area contributed by atoms with Gasteiger partial charge in [0.05, 0.1) is 11.4 Å². The molecular weight excluding hydrogens is 298 g/mol. The van der Waals surface area contributed by atoms with E-state index in [0.717, 1.165) is 25.7 Å². The summed E-state index contributed by atoms with van der Waals surface area (Å²) in [5.41, 5.74) is 1.18. The number of nitrogens with zero attached hydrogens (tertiary/aromatic N) is 2. The van der Waals surface area contributed by atoms with Gasteiger partial charge in [-0.05, 0) is 32.6 Å². The first-order valence-electron chi connectivity index (χ1n) is 6.97. The summed E-state index contributed by atoms with van der Waals surface area (Å²) in [4.78, 5) is 0.293. The maximum atomic E-state index is 12.4. The van der Waals surface area contributed by atoms with E-state index in [9.17, 15) is 8.42 Å². The highest BCUT2D eigenvalue weighted by Crippen LogP contribution is 2.28. The van der Waals surface area contributed by atoms with Crippen LogP contribution in [0.15, 0.2) is 4.90 Å². The monoisotopic (exact) mass is 319 g/mol. The predicted octanol–water partition coefficient (Wildman–Crippen LogP) is 2.11. The molecule has 1 heterocycles. The molecule has 0 aromatic carbocycles. The molecule has 5 nitrogen and oxygen atoms in total. The summed E-state index contributed by atoms with van der Waals surface area (Å²) in [6, 6.07) is 0. The lowest BCUT2D eigenvalue weighted by atomic mass is 9.89. The van der Waals surface area contributed by atoms with E-state index >= 15 is 0 Å². The fourth-order valence-corrected chi connectivity index (χ4v) is 4.72. The first-order valence-corrected chi connectivity index (χ1v) is 8.89. The molecule has 0 saturated heterocycles. The van der Waals surface area contributed by atoms with Gasteiger partial charge in [-0.2, -0.15) is 5.10 Å². The molecule has 0 radical (unpaired) electrons. The van der Waals surface area contributed by atoms with Crippen LogP contribution in [0.2, 0.25) is 0 Å². The molecule has 2 atom stereocenters. The van der Waals surface area contributed by atoms with Gasteiger partial charge in [-0.25, -0.2) is 13.1 Å². The number of aryl methyl sites for hydroxylation is 2. The number of aromatic nitrogens is 2.